The molecule has 0 radical (unpaired) electrons. The molecule has 1 aliphatic rings. The maximum Gasteiger partial charge on any atom is 0.275 e. The molecular formula is C31H33N5O4. The predicted molar refractivity (Wildman–Crippen MR) is 154 cm³/mol. The van der Waals surface area contributed by atoms with Crippen LogP contribution < -0.4 is 10.5 Å². The number of aromatic nitrogens is 3. The van der Waals surface area contributed by atoms with E-state index in [2.05, 4.69) is 15.2 Å². The van der Waals surface area contributed by atoms with E-state index < -0.39 is 0 Å². The Kier molecular flexibility index (Phi) is 8.61. The fourth-order valence-corrected chi connectivity index (χ4v) is 5.26. The van der Waals surface area contributed by atoms with E-state index in [1.165, 1.54) is 7.11 Å². The molecule has 4 aromatic rings. The van der Waals surface area contributed by atoms with E-state index in [1.54, 1.807) is 46.5 Å². The number of carbonyl (C=O) groups excluding carboxylic acids is 2. The molecular weight excluding hydrogens is 506 g/mol. The number of H-pyrrole nitrogens is 1. The minimum absolute atomic E-state index is 0.0280. The lowest BCUT2D eigenvalue weighted by Crippen LogP contribution is -2.37. The first-order valence-corrected chi connectivity index (χ1v) is 13.7. The Morgan fingerprint density at radius 3 is 2.48 bits per heavy atom. The Morgan fingerprint density at radius 2 is 1.70 bits per heavy atom. The van der Waals surface area contributed by atoms with Crippen LogP contribution >= 0.6 is 0 Å². The summed E-state index contributed by atoms with van der Waals surface area (Å²) in [4.78, 5) is 47.5. The summed E-state index contributed by atoms with van der Waals surface area (Å²) in [6, 6.07) is 16.8. The highest BCUT2D eigenvalue weighted by atomic mass is 16.5. The third-order valence-electron chi connectivity index (χ3n) is 7.29. The molecule has 9 heteroatoms. The van der Waals surface area contributed by atoms with Crippen LogP contribution in [-0.4, -0.2) is 58.7 Å². The van der Waals surface area contributed by atoms with Gasteiger partial charge < -0.3 is 14.5 Å². The summed E-state index contributed by atoms with van der Waals surface area (Å²) < 4.78 is 5.20. The minimum atomic E-state index is -0.334. The number of aromatic amines is 1. The van der Waals surface area contributed by atoms with Crippen molar-refractivity contribution in [1.29, 1.82) is 0 Å². The highest BCUT2D eigenvalue weighted by Crippen LogP contribution is 2.30. The van der Waals surface area contributed by atoms with Crippen LogP contribution in [0.1, 0.15) is 48.2 Å². The Labute approximate surface area is 232 Å². The normalized spacial score (nSPS) is 14.7. The lowest BCUT2D eigenvalue weighted by molar-refractivity contribution is -0.122. The van der Waals surface area contributed by atoms with Gasteiger partial charge in [0.1, 0.15) is 6.61 Å². The molecule has 0 saturated heterocycles. The molecule has 9 nitrogen and oxygen atoms in total. The molecule has 0 saturated carbocycles. The number of ether oxygens (including phenoxy) is 1. The highest BCUT2D eigenvalue weighted by molar-refractivity contribution is 6.04. The Balaban J connectivity index is 1.61. The molecule has 2 aromatic carbocycles. The van der Waals surface area contributed by atoms with Crippen LogP contribution in [-0.2, 0) is 16.1 Å². The molecule has 0 atom stereocenters. The summed E-state index contributed by atoms with van der Waals surface area (Å²) in [5, 5.41) is 7.61. The zero-order valence-electron chi connectivity index (χ0n) is 22.6. The van der Waals surface area contributed by atoms with E-state index in [9.17, 15) is 14.4 Å². The molecule has 0 bridgehead atoms. The van der Waals surface area contributed by atoms with Crippen LogP contribution in [0.4, 0.5) is 5.69 Å². The highest BCUT2D eigenvalue weighted by Gasteiger charge is 2.25. The van der Waals surface area contributed by atoms with Gasteiger partial charge in [0.15, 0.2) is 5.69 Å². The number of amides is 2. The molecule has 5 rings (SSSR count). The average molecular weight is 540 g/mol. The Bertz CT molecular complexity index is 1550. The first-order valence-electron chi connectivity index (χ1n) is 13.7. The number of anilines is 1. The molecule has 0 aliphatic carbocycles. The third kappa shape index (κ3) is 5.94. The SMILES string of the molecule is COCC(=O)N1CCCCCCCN(C(=O)c2n[nH]c(=O)c3ccccc23)Cc2cc(-c3cccnc3)ccc21. The molecule has 0 spiro atoms. The lowest BCUT2D eigenvalue weighted by Gasteiger charge is -2.30. The van der Waals surface area contributed by atoms with Crippen LogP contribution in [0.2, 0.25) is 0 Å². The number of nitrogens with one attached hydrogen (secondary N) is 1. The predicted octanol–water partition coefficient (Wildman–Crippen LogP) is 4.57. The largest absolute Gasteiger partial charge is 0.375 e. The molecule has 2 aromatic heterocycles. The van der Waals surface area contributed by atoms with Gasteiger partial charge in [0.2, 0.25) is 0 Å². The summed E-state index contributed by atoms with van der Waals surface area (Å²) in [5.74, 6) is -0.391. The average Bonchev–Trinajstić information content (AvgIpc) is 2.98. The summed E-state index contributed by atoms with van der Waals surface area (Å²) in [7, 11) is 1.52. The molecule has 1 aliphatic heterocycles. The molecule has 1 N–H and O–H groups in total. The Hall–Kier alpha value is -4.37. The van der Waals surface area contributed by atoms with Crippen molar-refractivity contribution < 1.29 is 14.3 Å². The number of methoxy groups -OCH3 is 1. The molecule has 0 fully saturated rings. The van der Waals surface area contributed by atoms with Crippen molar-refractivity contribution in [2.75, 3.05) is 31.7 Å². The van der Waals surface area contributed by atoms with Crippen molar-refractivity contribution in [2.45, 2.75) is 38.6 Å². The van der Waals surface area contributed by atoms with Crippen LogP contribution in [0.3, 0.4) is 0 Å². The number of nitrogens with zero attached hydrogens (tertiary/aromatic N) is 4. The fourth-order valence-electron chi connectivity index (χ4n) is 5.26. The van der Waals surface area contributed by atoms with Gasteiger partial charge in [-0.25, -0.2) is 5.10 Å². The summed E-state index contributed by atoms with van der Waals surface area (Å²) in [5.41, 5.74) is 3.36. The zero-order chi connectivity index (χ0) is 27.9. The summed E-state index contributed by atoms with van der Waals surface area (Å²) in [6.45, 7) is 1.34. The monoisotopic (exact) mass is 539 g/mol. The maximum absolute atomic E-state index is 14.1. The van der Waals surface area contributed by atoms with Crippen LogP contribution in [0.15, 0.2) is 71.8 Å². The first-order chi connectivity index (χ1) is 19.6. The van der Waals surface area contributed by atoms with Gasteiger partial charge in [-0.1, -0.05) is 49.6 Å². The summed E-state index contributed by atoms with van der Waals surface area (Å²) in [6.07, 6.45) is 8.22. The van der Waals surface area contributed by atoms with E-state index in [4.69, 9.17) is 4.74 Å². The standard InChI is InChI=1S/C31H33N5O4/c1-40-21-28(37)36-17-8-4-2-3-7-16-35(31(39)29-25-11-5-6-12-26(25)30(38)34-33-29)20-24-18-22(13-14-27(24)36)23-10-9-15-32-19-23/h5-6,9-15,18-19H,2-4,7-8,16-17,20-21H2,1H3,(H,34,38). The molecule has 3 heterocycles. The van der Waals surface area contributed by atoms with Crippen molar-refractivity contribution in [3.8, 4) is 11.1 Å². The van der Waals surface area contributed by atoms with Crippen molar-refractivity contribution in [3.05, 3.63) is 88.6 Å². The van der Waals surface area contributed by atoms with Gasteiger partial charge >= 0.3 is 0 Å². The van der Waals surface area contributed by atoms with E-state index in [0.717, 1.165) is 54.5 Å². The smallest absolute Gasteiger partial charge is 0.275 e. The van der Waals surface area contributed by atoms with E-state index in [0.29, 0.717) is 23.9 Å². The molecule has 0 unspecified atom stereocenters. The topological polar surface area (TPSA) is 108 Å². The van der Waals surface area contributed by atoms with Gasteiger partial charge in [0.05, 0.1) is 5.39 Å². The second-order valence-electron chi connectivity index (χ2n) is 10.0. The van der Waals surface area contributed by atoms with Gasteiger partial charge in [-0.2, -0.15) is 5.10 Å². The quantitative estimate of drug-likeness (QED) is 0.407. The van der Waals surface area contributed by atoms with E-state index >= 15 is 0 Å². The third-order valence-corrected chi connectivity index (χ3v) is 7.29. The number of hydrogen-bond donors (Lipinski definition) is 1. The lowest BCUT2D eigenvalue weighted by atomic mass is 10.0. The van der Waals surface area contributed by atoms with Crippen LogP contribution in [0.25, 0.3) is 21.9 Å². The maximum atomic E-state index is 14.1. The van der Waals surface area contributed by atoms with E-state index in [1.807, 2.05) is 30.3 Å². The van der Waals surface area contributed by atoms with Gasteiger partial charge in [-0.15, -0.1) is 0 Å². The van der Waals surface area contributed by atoms with E-state index in [-0.39, 0.29) is 36.2 Å². The first kappa shape index (κ1) is 27.2. The second-order valence-corrected chi connectivity index (χ2v) is 10.0. The molecule has 40 heavy (non-hydrogen) atoms. The molecule has 2 amide bonds. The van der Waals surface area contributed by atoms with Crippen LogP contribution in [0, 0.1) is 0 Å². The minimum Gasteiger partial charge on any atom is -0.375 e. The molecule has 206 valence electrons. The van der Waals surface area contributed by atoms with Crippen LogP contribution in [0.5, 0.6) is 0 Å². The second kappa shape index (κ2) is 12.7. The number of benzene rings is 2. The van der Waals surface area contributed by atoms with Crippen molar-refractivity contribution in [3.63, 3.8) is 0 Å². The van der Waals surface area contributed by atoms with Crippen molar-refractivity contribution in [1.82, 2.24) is 20.1 Å². The number of fused-ring (bicyclic) bond motifs is 2. The summed E-state index contributed by atoms with van der Waals surface area (Å²) >= 11 is 0. The number of rotatable bonds is 4. The number of carbonyl (C=O) groups is 2. The van der Waals surface area contributed by atoms with Gasteiger partial charge in [0.25, 0.3) is 17.4 Å². The van der Waals surface area contributed by atoms with Gasteiger partial charge in [-0.3, -0.25) is 19.4 Å². The number of hydrogen-bond acceptors (Lipinski definition) is 6. The van der Waals surface area contributed by atoms with Gasteiger partial charge in [-0.05, 0) is 53.8 Å². The van der Waals surface area contributed by atoms with Crippen molar-refractivity contribution >= 4 is 28.3 Å². The van der Waals surface area contributed by atoms with Crippen molar-refractivity contribution in [2.24, 2.45) is 0 Å². The van der Waals surface area contributed by atoms with Gasteiger partial charge in [0, 0.05) is 50.2 Å². The number of pyridine rings is 1. The fraction of sp³-hybridized carbons (Fsp3) is 0.323. The zero-order valence-corrected chi connectivity index (χ0v) is 22.6. The Morgan fingerprint density at radius 1 is 0.925 bits per heavy atom.